The first-order chi connectivity index (χ1) is 12.0. The monoisotopic (exact) mass is 349 g/mol. The van der Waals surface area contributed by atoms with Crippen LogP contribution in [0.4, 0.5) is 10.1 Å². The molecule has 0 spiro atoms. The summed E-state index contributed by atoms with van der Waals surface area (Å²) in [4.78, 5) is 26.4. The minimum absolute atomic E-state index is 0.0140. The van der Waals surface area contributed by atoms with Crippen LogP contribution in [0.5, 0.6) is 0 Å². The smallest absolute Gasteiger partial charge is 0.244 e. The van der Waals surface area contributed by atoms with E-state index in [2.05, 4.69) is 10.6 Å². The lowest BCUT2D eigenvalue weighted by molar-refractivity contribution is -0.136. The van der Waals surface area contributed by atoms with Crippen LogP contribution in [0, 0.1) is 11.7 Å². The van der Waals surface area contributed by atoms with Crippen LogP contribution in [0.1, 0.15) is 39.5 Å². The zero-order valence-corrected chi connectivity index (χ0v) is 15.1. The highest BCUT2D eigenvalue weighted by molar-refractivity contribution is 5.94. The molecular formula is C19H28FN3O2. The van der Waals surface area contributed by atoms with Gasteiger partial charge in [0.1, 0.15) is 12.4 Å². The molecule has 1 aliphatic heterocycles. The minimum Gasteiger partial charge on any atom is -0.331 e. The predicted octanol–water partition coefficient (Wildman–Crippen LogP) is 2.78. The highest BCUT2D eigenvalue weighted by Crippen LogP contribution is 2.19. The van der Waals surface area contributed by atoms with E-state index < -0.39 is 0 Å². The summed E-state index contributed by atoms with van der Waals surface area (Å²) in [5.41, 5.74) is 0.525. The van der Waals surface area contributed by atoms with Crippen LogP contribution in [0.15, 0.2) is 24.3 Å². The minimum atomic E-state index is -0.352. The van der Waals surface area contributed by atoms with Crippen LogP contribution >= 0.6 is 0 Å². The molecule has 6 heteroatoms. The topological polar surface area (TPSA) is 61.4 Å². The Bertz CT molecular complexity index is 569. The summed E-state index contributed by atoms with van der Waals surface area (Å²) < 4.78 is 12.9. The fourth-order valence-electron chi connectivity index (χ4n) is 3.09. The molecule has 1 aromatic carbocycles. The molecule has 0 bridgehead atoms. The predicted molar refractivity (Wildman–Crippen MR) is 96.7 cm³/mol. The number of nitrogens with zero attached hydrogens (tertiary/aromatic N) is 1. The van der Waals surface area contributed by atoms with Gasteiger partial charge >= 0.3 is 0 Å². The number of amides is 2. The van der Waals surface area contributed by atoms with Crippen LogP contribution in [0.2, 0.25) is 0 Å². The van der Waals surface area contributed by atoms with E-state index in [1.54, 1.807) is 4.90 Å². The standard InChI is InChI=1S/C19H28FN3O2/c1-14(2)23(19(25)8-3-15-9-11-21-12-10-15)13-18(24)22-17-6-4-16(20)5-7-17/h4-7,14-15,21H,3,8-13H2,1-2H3,(H,22,24). The Morgan fingerprint density at radius 1 is 1.24 bits per heavy atom. The second-order valence-electron chi connectivity index (χ2n) is 6.90. The van der Waals surface area contributed by atoms with E-state index in [1.165, 1.54) is 24.3 Å². The number of anilines is 1. The average Bonchev–Trinajstić information content (AvgIpc) is 2.60. The van der Waals surface area contributed by atoms with E-state index in [9.17, 15) is 14.0 Å². The fourth-order valence-corrected chi connectivity index (χ4v) is 3.09. The molecule has 0 aromatic heterocycles. The fraction of sp³-hybridized carbons (Fsp3) is 0.579. The molecule has 0 aliphatic carbocycles. The number of rotatable bonds is 7. The van der Waals surface area contributed by atoms with E-state index in [4.69, 9.17) is 0 Å². The number of carbonyl (C=O) groups is 2. The Morgan fingerprint density at radius 2 is 1.88 bits per heavy atom. The summed E-state index contributed by atoms with van der Waals surface area (Å²) in [6.07, 6.45) is 3.58. The van der Waals surface area contributed by atoms with Crippen molar-refractivity contribution in [3.8, 4) is 0 Å². The van der Waals surface area contributed by atoms with Gasteiger partial charge in [0.05, 0.1) is 0 Å². The second-order valence-corrected chi connectivity index (χ2v) is 6.90. The lowest BCUT2D eigenvalue weighted by Crippen LogP contribution is -2.42. The van der Waals surface area contributed by atoms with Gasteiger partial charge in [-0.2, -0.15) is 0 Å². The number of hydrogen-bond donors (Lipinski definition) is 2. The molecule has 0 radical (unpaired) electrons. The van der Waals surface area contributed by atoms with E-state index in [0.29, 0.717) is 18.0 Å². The summed E-state index contributed by atoms with van der Waals surface area (Å²) in [7, 11) is 0. The highest BCUT2D eigenvalue weighted by Gasteiger charge is 2.22. The molecular weight excluding hydrogens is 321 g/mol. The Kier molecular flexibility index (Phi) is 7.37. The Labute approximate surface area is 149 Å². The van der Waals surface area contributed by atoms with E-state index in [1.807, 2.05) is 13.8 Å². The quantitative estimate of drug-likeness (QED) is 0.796. The van der Waals surface area contributed by atoms with Crippen LogP contribution in [-0.2, 0) is 9.59 Å². The lowest BCUT2D eigenvalue weighted by atomic mass is 9.93. The molecule has 0 atom stereocenters. The van der Waals surface area contributed by atoms with Crippen LogP contribution < -0.4 is 10.6 Å². The third-order valence-corrected chi connectivity index (χ3v) is 4.61. The summed E-state index contributed by atoms with van der Waals surface area (Å²) in [5.74, 6) is -0.0135. The number of halogens is 1. The van der Waals surface area contributed by atoms with Gasteiger partial charge in [0.15, 0.2) is 0 Å². The van der Waals surface area contributed by atoms with E-state index >= 15 is 0 Å². The number of piperidine rings is 1. The Morgan fingerprint density at radius 3 is 2.48 bits per heavy atom. The maximum absolute atomic E-state index is 12.9. The molecule has 1 aliphatic rings. The molecule has 5 nitrogen and oxygen atoms in total. The van der Waals surface area contributed by atoms with Crippen molar-refractivity contribution in [3.05, 3.63) is 30.1 Å². The van der Waals surface area contributed by atoms with Crippen LogP contribution in [0.25, 0.3) is 0 Å². The molecule has 0 unspecified atom stereocenters. The highest BCUT2D eigenvalue weighted by atomic mass is 19.1. The van der Waals surface area contributed by atoms with Crippen molar-refractivity contribution in [1.29, 1.82) is 0 Å². The zero-order valence-electron chi connectivity index (χ0n) is 15.1. The Balaban J connectivity index is 1.84. The molecule has 25 heavy (non-hydrogen) atoms. The van der Waals surface area contributed by atoms with Gasteiger partial charge in [0, 0.05) is 18.2 Å². The Hall–Kier alpha value is -1.95. The molecule has 2 rings (SSSR count). The third-order valence-electron chi connectivity index (χ3n) is 4.61. The van der Waals surface area contributed by atoms with Crippen molar-refractivity contribution in [2.24, 2.45) is 5.92 Å². The van der Waals surface area contributed by atoms with Crippen molar-refractivity contribution in [1.82, 2.24) is 10.2 Å². The van der Waals surface area contributed by atoms with Crippen molar-refractivity contribution < 1.29 is 14.0 Å². The van der Waals surface area contributed by atoms with E-state index in [0.717, 1.165) is 32.4 Å². The number of carbonyl (C=O) groups excluding carboxylic acids is 2. The zero-order chi connectivity index (χ0) is 18.2. The van der Waals surface area contributed by atoms with Gasteiger partial charge in [-0.05, 0) is 76.4 Å². The van der Waals surface area contributed by atoms with Crippen molar-refractivity contribution >= 4 is 17.5 Å². The summed E-state index contributed by atoms with van der Waals surface area (Å²) in [6.45, 7) is 5.88. The molecule has 1 aromatic rings. The SMILES string of the molecule is CC(C)N(CC(=O)Nc1ccc(F)cc1)C(=O)CCC1CCNCC1. The third kappa shape index (κ3) is 6.46. The van der Waals surface area contributed by atoms with Crippen molar-refractivity contribution in [2.45, 2.75) is 45.6 Å². The molecule has 0 saturated carbocycles. The van der Waals surface area contributed by atoms with Gasteiger partial charge in [-0.25, -0.2) is 4.39 Å². The molecule has 1 fully saturated rings. The van der Waals surface area contributed by atoms with Crippen LogP contribution in [0.3, 0.4) is 0 Å². The second kappa shape index (κ2) is 9.51. The van der Waals surface area contributed by atoms with Gasteiger partial charge < -0.3 is 15.5 Å². The molecule has 138 valence electrons. The molecule has 1 heterocycles. The van der Waals surface area contributed by atoms with E-state index in [-0.39, 0.29) is 30.2 Å². The van der Waals surface area contributed by atoms with Gasteiger partial charge in [-0.3, -0.25) is 9.59 Å². The van der Waals surface area contributed by atoms with Gasteiger partial charge in [-0.15, -0.1) is 0 Å². The van der Waals surface area contributed by atoms with Gasteiger partial charge in [-0.1, -0.05) is 0 Å². The average molecular weight is 349 g/mol. The van der Waals surface area contributed by atoms with Crippen LogP contribution in [-0.4, -0.2) is 42.4 Å². The first-order valence-corrected chi connectivity index (χ1v) is 9.01. The number of benzene rings is 1. The first kappa shape index (κ1) is 19.4. The maximum Gasteiger partial charge on any atom is 0.244 e. The van der Waals surface area contributed by atoms with Crippen molar-refractivity contribution in [2.75, 3.05) is 25.0 Å². The normalized spacial score (nSPS) is 15.2. The molecule has 2 N–H and O–H groups in total. The molecule has 1 saturated heterocycles. The molecule has 2 amide bonds. The maximum atomic E-state index is 12.9. The van der Waals surface area contributed by atoms with Gasteiger partial charge in [0.25, 0.3) is 0 Å². The van der Waals surface area contributed by atoms with Crippen molar-refractivity contribution in [3.63, 3.8) is 0 Å². The first-order valence-electron chi connectivity index (χ1n) is 9.01. The number of hydrogen-bond acceptors (Lipinski definition) is 3. The summed E-state index contributed by atoms with van der Waals surface area (Å²) >= 11 is 0. The largest absolute Gasteiger partial charge is 0.331 e. The van der Waals surface area contributed by atoms with Gasteiger partial charge in [0.2, 0.25) is 11.8 Å². The lowest BCUT2D eigenvalue weighted by Gasteiger charge is -2.28. The number of nitrogens with one attached hydrogen (secondary N) is 2. The summed E-state index contributed by atoms with van der Waals surface area (Å²) in [5, 5.41) is 6.03. The summed E-state index contributed by atoms with van der Waals surface area (Å²) in [6, 6.07) is 5.55.